The molecule has 27 heavy (non-hydrogen) atoms. The lowest BCUT2D eigenvalue weighted by molar-refractivity contribution is 0.00324. The van der Waals surface area contributed by atoms with Crippen molar-refractivity contribution in [2.24, 2.45) is 0 Å². The smallest absolute Gasteiger partial charge is 0.0926 e. The quantitative estimate of drug-likeness (QED) is 0.868. The lowest BCUT2D eigenvalue weighted by Crippen LogP contribution is -2.56. The molecule has 2 aliphatic heterocycles. The van der Waals surface area contributed by atoms with Crippen LogP contribution in [0.3, 0.4) is 0 Å². The van der Waals surface area contributed by atoms with E-state index in [-0.39, 0.29) is 11.0 Å². The molecule has 0 radical (unpaired) electrons. The number of nitrogens with one attached hydrogen (secondary N) is 2. The largest absolute Gasteiger partial charge is 0.348 e. The van der Waals surface area contributed by atoms with Crippen LogP contribution in [0.1, 0.15) is 69.7 Å². The highest BCUT2D eigenvalue weighted by Crippen LogP contribution is 2.42. The van der Waals surface area contributed by atoms with Crippen LogP contribution < -0.4 is 0 Å². The van der Waals surface area contributed by atoms with Crippen molar-refractivity contribution in [3.8, 4) is 0 Å². The van der Waals surface area contributed by atoms with Gasteiger partial charge in [-0.15, -0.1) is 0 Å². The topological polar surface area (TPSA) is 63.8 Å². The third-order valence-electron chi connectivity index (χ3n) is 6.37. The Kier molecular flexibility index (Phi) is 4.89. The van der Waals surface area contributed by atoms with Crippen molar-refractivity contribution < 1.29 is 0 Å². The van der Waals surface area contributed by atoms with E-state index in [1.807, 2.05) is 6.33 Å². The van der Waals surface area contributed by atoms with Gasteiger partial charge in [0.2, 0.25) is 0 Å². The normalized spacial score (nSPS) is 20.9. The van der Waals surface area contributed by atoms with Crippen LogP contribution in [0.2, 0.25) is 0 Å². The summed E-state index contributed by atoms with van der Waals surface area (Å²) in [7, 11) is 0. The van der Waals surface area contributed by atoms with Crippen molar-refractivity contribution in [1.82, 2.24) is 30.0 Å². The molecule has 4 rings (SSSR count). The highest BCUT2D eigenvalue weighted by molar-refractivity contribution is 5.27. The molecule has 0 aromatic carbocycles. The van der Waals surface area contributed by atoms with Crippen molar-refractivity contribution in [3.63, 3.8) is 0 Å². The van der Waals surface area contributed by atoms with Gasteiger partial charge in [0.25, 0.3) is 0 Å². The van der Waals surface area contributed by atoms with E-state index < -0.39 is 0 Å². The molecule has 1 saturated heterocycles. The Morgan fingerprint density at radius 2 is 1.96 bits per heavy atom. The number of hydrogen-bond donors (Lipinski definition) is 2. The Morgan fingerprint density at radius 1 is 1.19 bits per heavy atom. The zero-order valence-electron chi connectivity index (χ0n) is 17.3. The van der Waals surface area contributed by atoms with Crippen LogP contribution in [-0.4, -0.2) is 56.1 Å². The fraction of sp³-hybridized carbons (Fsp3) is 0.714. The molecule has 0 saturated carbocycles. The standard InChI is InChI=1S/C21H34N6/c1-5-9-27-10-6-17-19(23-15-22-17)21(27)7-11-26(12-8-21)14-16-13-18(25-24-16)20(2,3)4/h13,15H,5-12,14H2,1-4H3,(H,22,23)(H,24,25). The van der Waals surface area contributed by atoms with Crippen molar-refractivity contribution in [3.05, 3.63) is 35.2 Å². The average Bonchev–Trinajstić information content (AvgIpc) is 3.29. The highest BCUT2D eigenvalue weighted by Gasteiger charge is 2.46. The van der Waals surface area contributed by atoms with E-state index in [1.165, 1.54) is 30.0 Å². The van der Waals surface area contributed by atoms with E-state index in [1.54, 1.807) is 0 Å². The Hall–Kier alpha value is -1.66. The number of likely N-dealkylation sites (tertiary alicyclic amines) is 1. The van der Waals surface area contributed by atoms with Crippen LogP contribution in [0.15, 0.2) is 12.4 Å². The Labute approximate surface area is 162 Å². The number of aromatic amines is 2. The van der Waals surface area contributed by atoms with Gasteiger partial charge in [0.05, 0.1) is 23.3 Å². The molecule has 1 fully saturated rings. The summed E-state index contributed by atoms with van der Waals surface area (Å²) in [6.07, 6.45) is 6.52. The molecule has 4 heterocycles. The van der Waals surface area contributed by atoms with Gasteiger partial charge in [-0.25, -0.2) is 4.98 Å². The van der Waals surface area contributed by atoms with Crippen molar-refractivity contribution >= 4 is 0 Å². The molecule has 2 aromatic rings. The van der Waals surface area contributed by atoms with Crippen LogP contribution in [-0.2, 0) is 23.9 Å². The van der Waals surface area contributed by atoms with E-state index in [2.05, 4.69) is 58.7 Å². The number of imidazole rings is 1. The number of nitrogens with zero attached hydrogens (tertiary/aromatic N) is 4. The molecule has 2 aromatic heterocycles. The van der Waals surface area contributed by atoms with Crippen LogP contribution >= 0.6 is 0 Å². The summed E-state index contributed by atoms with van der Waals surface area (Å²) in [5.74, 6) is 0. The Balaban J connectivity index is 1.47. The number of rotatable bonds is 4. The van der Waals surface area contributed by atoms with Crippen LogP contribution in [0.25, 0.3) is 0 Å². The molecule has 0 atom stereocenters. The minimum absolute atomic E-state index is 0.0970. The van der Waals surface area contributed by atoms with E-state index in [9.17, 15) is 0 Å². The number of H-pyrrole nitrogens is 2. The lowest BCUT2D eigenvalue weighted by atomic mass is 9.78. The third kappa shape index (κ3) is 3.45. The molecule has 0 bridgehead atoms. The second-order valence-electron chi connectivity index (χ2n) is 9.30. The van der Waals surface area contributed by atoms with Gasteiger partial charge in [0, 0.05) is 49.4 Å². The summed E-state index contributed by atoms with van der Waals surface area (Å²) in [5, 5.41) is 7.77. The molecule has 1 spiro atoms. The minimum Gasteiger partial charge on any atom is -0.348 e. The first-order chi connectivity index (χ1) is 12.9. The molecule has 2 N–H and O–H groups in total. The van der Waals surface area contributed by atoms with Crippen LogP contribution in [0.4, 0.5) is 0 Å². The molecule has 148 valence electrons. The zero-order chi connectivity index (χ0) is 19.1. The van der Waals surface area contributed by atoms with Gasteiger partial charge in [0.15, 0.2) is 0 Å². The number of piperidine rings is 1. The molecule has 2 aliphatic rings. The Bertz CT molecular complexity index is 760. The van der Waals surface area contributed by atoms with Gasteiger partial charge >= 0.3 is 0 Å². The van der Waals surface area contributed by atoms with E-state index in [4.69, 9.17) is 4.98 Å². The minimum atomic E-state index is 0.0970. The van der Waals surface area contributed by atoms with Gasteiger partial charge in [0.1, 0.15) is 0 Å². The summed E-state index contributed by atoms with van der Waals surface area (Å²) < 4.78 is 0. The van der Waals surface area contributed by atoms with Crippen LogP contribution in [0, 0.1) is 0 Å². The van der Waals surface area contributed by atoms with Crippen molar-refractivity contribution in [2.75, 3.05) is 26.2 Å². The van der Waals surface area contributed by atoms with E-state index in [0.717, 1.165) is 51.1 Å². The molecular formula is C21H34N6. The monoisotopic (exact) mass is 370 g/mol. The molecule has 6 nitrogen and oxygen atoms in total. The fourth-order valence-corrected chi connectivity index (χ4v) is 4.82. The second kappa shape index (κ2) is 7.06. The van der Waals surface area contributed by atoms with E-state index >= 15 is 0 Å². The predicted octanol–water partition coefficient (Wildman–Crippen LogP) is 3.19. The number of hydrogen-bond acceptors (Lipinski definition) is 4. The van der Waals surface area contributed by atoms with Crippen molar-refractivity contribution in [2.45, 2.75) is 70.9 Å². The maximum atomic E-state index is 4.77. The first kappa shape index (κ1) is 18.7. The number of aromatic nitrogens is 4. The van der Waals surface area contributed by atoms with Crippen molar-refractivity contribution in [1.29, 1.82) is 0 Å². The lowest BCUT2D eigenvalue weighted by Gasteiger charge is -2.50. The molecule has 6 heteroatoms. The first-order valence-electron chi connectivity index (χ1n) is 10.5. The molecule has 0 unspecified atom stereocenters. The molecular weight excluding hydrogens is 336 g/mol. The van der Waals surface area contributed by atoms with Gasteiger partial charge in [-0.1, -0.05) is 27.7 Å². The maximum absolute atomic E-state index is 4.77. The zero-order valence-corrected chi connectivity index (χ0v) is 17.3. The summed E-state index contributed by atoms with van der Waals surface area (Å²) >= 11 is 0. The van der Waals surface area contributed by atoms with Gasteiger partial charge < -0.3 is 4.98 Å². The third-order valence-corrected chi connectivity index (χ3v) is 6.37. The fourth-order valence-electron chi connectivity index (χ4n) is 4.82. The summed E-state index contributed by atoms with van der Waals surface area (Å²) in [6, 6.07) is 2.24. The molecule has 0 aliphatic carbocycles. The first-order valence-corrected chi connectivity index (χ1v) is 10.5. The number of fused-ring (bicyclic) bond motifs is 2. The second-order valence-corrected chi connectivity index (χ2v) is 9.30. The maximum Gasteiger partial charge on any atom is 0.0926 e. The predicted molar refractivity (Wildman–Crippen MR) is 108 cm³/mol. The Morgan fingerprint density at radius 3 is 2.63 bits per heavy atom. The SMILES string of the molecule is CCCN1CCc2[nH]cnc2C12CCN(Cc1cc(C(C)(C)C)n[nH]1)CC2. The van der Waals surface area contributed by atoms with Gasteiger partial charge in [-0.05, 0) is 31.9 Å². The summed E-state index contributed by atoms with van der Waals surface area (Å²) in [6.45, 7) is 14.4. The highest BCUT2D eigenvalue weighted by atomic mass is 15.3. The van der Waals surface area contributed by atoms with Crippen LogP contribution in [0.5, 0.6) is 0 Å². The molecule has 0 amide bonds. The van der Waals surface area contributed by atoms with Gasteiger partial charge in [-0.2, -0.15) is 5.10 Å². The van der Waals surface area contributed by atoms with E-state index in [0.29, 0.717) is 0 Å². The average molecular weight is 371 g/mol. The summed E-state index contributed by atoms with van der Waals surface area (Å²) in [5.41, 5.74) is 5.28. The van der Waals surface area contributed by atoms with Gasteiger partial charge in [-0.3, -0.25) is 14.9 Å². The summed E-state index contributed by atoms with van der Waals surface area (Å²) in [4.78, 5) is 13.4.